The average molecular weight is 267 g/mol. The third-order valence-corrected chi connectivity index (χ3v) is 3.39. The van der Waals surface area contributed by atoms with Crippen molar-refractivity contribution in [2.75, 3.05) is 6.54 Å². The molecule has 1 amide bonds. The van der Waals surface area contributed by atoms with Gasteiger partial charge in [0.05, 0.1) is 18.2 Å². The molecule has 2 unspecified atom stereocenters. The maximum Gasteiger partial charge on any atom is 0.224 e. The zero-order valence-electron chi connectivity index (χ0n) is 12.5. The van der Waals surface area contributed by atoms with Crippen LogP contribution in [0.25, 0.3) is 0 Å². The number of nitrogens with zero attached hydrogens (tertiary/aromatic N) is 2. The fourth-order valence-electron chi connectivity index (χ4n) is 2.25. The van der Waals surface area contributed by atoms with Gasteiger partial charge in [-0.15, -0.1) is 0 Å². The van der Waals surface area contributed by atoms with Gasteiger partial charge >= 0.3 is 0 Å². The van der Waals surface area contributed by atoms with Crippen LogP contribution in [0.1, 0.15) is 37.2 Å². The average Bonchev–Trinajstić information content (AvgIpc) is 2.52. The number of rotatable bonds is 6. The number of amides is 1. The minimum atomic E-state index is -0.324. The van der Waals surface area contributed by atoms with Crippen molar-refractivity contribution >= 4 is 5.91 Å². The first kappa shape index (κ1) is 15.7. The Morgan fingerprint density at radius 3 is 2.53 bits per heavy atom. The quantitative estimate of drug-likeness (QED) is 0.811. The van der Waals surface area contributed by atoms with Crippen molar-refractivity contribution in [3.8, 4) is 0 Å². The van der Waals surface area contributed by atoms with Gasteiger partial charge in [-0.25, -0.2) is 0 Å². The van der Waals surface area contributed by atoms with E-state index in [1.165, 1.54) is 0 Å². The van der Waals surface area contributed by atoms with E-state index in [1.807, 2.05) is 27.8 Å². The Hall–Kier alpha value is -1.36. The van der Waals surface area contributed by atoms with Crippen molar-refractivity contribution in [3.05, 3.63) is 17.0 Å². The van der Waals surface area contributed by atoms with Crippen molar-refractivity contribution in [3.63, 3.8) is 0 Å². The summed E-state index contributed by atoms with van der Waals surface area (Å²) in [6.07, 6.45) is 0.743. The van der Waals surface area contributed by atoms with Crippen LogP contribution in [-0.4, -0.2) is 33.4 Å². The summed E-state index contributed by atoms with van der Waals surface area (Å²) in [4.78, 5) is 11.9. The Kier molecular flexibility index (Phi) is 5.54. The molecule has 0 aliphatic carbocycles. The highest BCUT2D eigenvalue weighted by Crippen LogP contribution is 2.12. The van der Waals surface area contributed by atoms with E-state index in [4.69, 9.17) is 0 Å². The third-order valence-electron chi connectivity index (χ3n) is 3.39. The second-order valence-electron chi connectivity index (χ2n) is 5.44. The van der Waals surface area contributed by atoms with Gasteiger partial charge in [-0.1, -0.05) is 6.92 Å². The van der Waals surface area contributed by atoms with Crippen LogP contribution in [0.3, 0.4) is 0 Å². The highest BCUT2D eigenvalue weighted by atomic mass is 16.3. The summed E-state index contributed by atoms with van der Waals surface area (Å²) < 4.78 is 1.80. The number of aliphatic hydroxyl groups excluding tert-OH is 1. The minimum Gasteiger partial charge on any atom is -0.393 e. The van der Waals surface area contributed by atoms with E-state index < -0.39 is 0 Å². The first-order valence-corrected chi connectivity index (χ1v) is 6.75. The number of nitrogens with one attached hydrogen (secondary N) is 1. The van der Waals surface area contributed by atoms with Crippen molar-refractivity contribution in [1.29, 1.82) is 0 Å². The molecule has 0 aromatic carbocycles. The third kappa shape index (κ3) is 4.67. The molecule has 5 nitrogen and oxygen atoms in total. The lowest BCUT2D eigenvalue weighted by Crippen LogP contribution is -2.30. The molecule has 19 heavy (non-hydrogen) atoms. The van der Waals surface area contributed by atoms with E-state index in [0.29, 0.717) is 19.4 Å². The molecule has 0 saturated carbocycles. The predicted molar refractivity (Wildman–Crippen MR) is 74.9 cm³/mol. The van der Waals surface area contributed by atoms with Crippen molar-refractivity contribution in [2.45, 2.75) is 46.6 Å². The fraction of sp³-hybridized carbons (Fsp3) is 0.714. The molecule has 0 aliphatic rings. The van der Waals surface area contributed by atoms with E-state index in [-0.39, 0.29) is 17.9 Å². The van der Waals surface area contributed by atoms with Gasteiger partial charge in [-0.3, -0.25) is 9.48 Å². The molecule has 1 heterocycles. The topological polar surface area (TPSA) is 67.2 Å². The van der Waals surface area contributed by atoms with Gasteiger partial charge in [-0.2, -0.15) is 5.10 Å². The number of aromatic nitrogens is 2. The van der Waals surface area contributed by atoms with E-state index >= 15 is 0 Å². The summed E-state index contributed by atoms with van der Waals surface area (Å²) in [7, 11) is 1.88. The van der Waals surface area contributed by atoms with Crippen LogP contribution in [-0.2, 0) is 18.3 Å². The molecule has 1 aromatic heterocycles. The molecule has 1 rings (SSSR count). The van der Waals surface area contributed by atoms with Gasteiger partial charge in [0.15, 0.2) is 0 Å². The highest BCUT2D eigenvalue weighted by molar-refractivity contribution is 5.79. The molecule has 0 fully saturated rings. The molecule has 5 heteroatoms. The van der Waals surface area contributed by atoms with Gasteiger partial charge in [0, 0.05) is 24.8 Å². The smallest absolute Gasteiger partial charge is 0.224 e. The summed E-state index contributed by atoms with van der Waals surface area (Å²) in [6.45, 7) is 8.28. The Morgan fingerprint density at radius 1 is 1.42 bits per heavy atom. The summed E-state index contributed by atoms with van der Waals surface area (Å²) in [5.41, 5.74) is 2.94. The molecule has 1 aromatic rings. The van der Waals surface area contributed by atoms with Crippen LogP contribution in [0.5, 0.6) is 0 Å². The molecule has 0 radical (unpaired) electrons. The minimum absolute atomic E-state index is 0.0108. The summed E-state index contributed by atoms with van der Waals surface area (Å²) >= 11 is 0. The van der Waals surface area contributed by atoms with Crippen LogP contribution in [0, 0.1) is 19.8 Å². The van der Waals surface area contributed by atoms with E-state index in [9.17, 15) is 9.90 Å². The van der Waals surface area contributed by atoms with Gasteiger partial charge in [0.1, 0.15) is 0 Å². The second kappa shape index (κ2) is 6.70. The standard InChI is InChI=1S/C14H25N3O2/c1-9(6-10(2)18)8-15-14(19)7-13-11(3)16-17(5)12(13)4/h9-10,18H,6-8H2,1-5H3,(H,15,19). The lowest BCUT2D eigenvalue weighted by Gasteiger charge is -2.14. The van der Waals surface area contributed by atoms with Crippen LogP contribution in [0.2, 0.25) is 0 Å². The van der Waals surface area contributed by atoms with Crippen molar-refractivity contribution in [2.24, 2.45) is 13.0 Å². The van der Waals surface area contributed by atoms with Gasteiger partial charge < -0.3 is 10.4 Å². The van der Waals surface area contributed by atoms with Crippen LogP contribution >= 0.6 is 0 Å². The van der Waals surface area contributed by atoms with Gasteiger partial charge in [0.25, 0.3) is 0 Å². The summed E-state index contributed by atoms with van der Waals surface area (Å²) in [5, 5.41) is 16.5. The van der Waals surface area contributed by atoms with E-state index in [1.54, 1.807) is 11.6 Å². The van der Waals surface area contributed by atoms with E-state index in [2.05, 4.69) is 10.4 Å². The number of aliphatic hydroxyl groups is 1. The SMILES string of the molecule is Cc1nn(C)c(C)c1CC(=O)NCC(C)CC(C)O. The zero-order valence-corrected chi connectivity index (χ0v) is 12.5. The lowest BCUT2D eigenvalue weighted by molar-refractivity contribution is -0.120. The lowest BCUT2D eigenvalue weighted by atomic mass is 10.0. The van der Waals surface area contributed by atoms with Crippen molar-refractivity contribution < 1.29 is 9.90 Å². The Bertz CT molecular complexity index is 438. The Labute approximate surface area is 115 Å². The molecule has 2 N–H and O–H groups in total. The summed E-state index contributed by atoms with van der Waals surface area (Å²) in [6, 6.07) is 0. The molecule has 0 bridgehead atoms. The number of hydrogen-bond acceptors (Lipinski definition) is 3. The molecular formula is C14H25N3O2. The second-order valence-corrected chi connectivity index (χ2v) is 5.44. The number of hydrogen-bond donors (Lipinski definition) is 2. The van der Waals surface area contributed by atoms with Crippen LogP contribution in [0.4, 0.5) is 0 Å². The molecule has 0 spiro atoms. The van der Waals surface area contributed by atoms with Gasteiger partial charge in [-0.05, 0) is 33.1 Å². The van der Waals surface area contributed by atoms with Crippen molar-refractivity contribution in [1.82, 2.24) is 15.1 Å². The number of carbonyl (C=O) groups excluding carboxylic acids is 1. The zero-order chi connectivity index (χ0) is 14.6. The van der Waals surface area contributed by atoms with Crippen LogP contribution in [0.15, 0.2) is 0 Å². The normalized spacial score (nSPS) is 14.2. The summed E-state index contributed by atoms with van der Waals surface area (Å²) in [5.74, 6) is 0.289. The molecule has 0 saturated heterocycles. The Morgan fingerprint density at radius 2 is 2.05 bits per heavy atom. The van der Waals surface area contributed by atoms with E-state index in [0.717, 1.165) is 17.0 Å². The number of carbonyl (C=O) groups is 1. The number of aryl methyl sites for hydroxylation is 2. The molecule has 0 aliphatic heterocycles. The highest BCUT2D eigenvalue weighted by Gasteiger charge is 2.14. The van der Waals surface area contributed by atoms with Gasteiger partial charge in [0.2, 0.25) is 5.91 Å². The first-order chi connectivity index (χ1) is 8.81. The monoisotopic (exact) mass is 267 g/mol. The Balaban J connectivity index is 2.47. The van der Waals surface area contributed by atoms with Crippen LogP contribution < -0.4 is 5.32 Å². The molecular weight excluding hydrogens is 242 g/mol. The maximum absolute atomic E-state index is 11.9. The largest absolute Gasteiger partial charge is 0.393 e. The maximum atomic E-state index is 11.9. The molecule has 2 atom stereocenters. The fourth-order valence-corrected chi connectivity index (χ4v) is 2.25. The predicted octanol–water partition coefficient (Wildman–Crippen LogP) is 1.10. The molecule has 108 valence electrons. The first-order valence-electron chi connectivity index (χ1n) is 6.75.